The van der Waals surface area contributed by atoms with Crippen LogP contribution in [0, 0.1) is 0 Å². The maximum absolute atomic E-state index is 12.2. The first kappa shape index (κ1) is 18.3. The van der Waals surface area contributed by atoms with Gasteiger partial charge < -0.3 is 10.6 Å². The van der Waals surface area contributed by atoms with Crippen LogP contribution in [0.4, 0.5) is 15.3 Å². The summed E-state index contributed by atoms with van der Waals surface area (Å²) in [5.74, 6) is 0.523. The van der Waals surface area contributed by atoms with Gasteiger partial charge in [-0.1, -0.05) is 47.6 Å². The van der Waals surface area contributed by atoms with Crippen molar-refractivity contribution in [2.45, 2.75) is 6.54 Å². The van der Waals surface area contributed by atoms with Crippen molar-refractivity contribution in [2.24, 2.45) is 5.10 Å². The van der Waals surface area contributed by atoms with E-state index in [4.69, 9.17) is 11.6 Å². The first-order valence-corrected chi connectivity index (χ1v) is 9.27. The molecule has 0 spiro atoms. The first-order chi connectivity index (χ1) is 12.5. The van der Waals surface area contributed by atoms with E-state index in [2.05, 4.69) is 15.7 Å². The normalized spacial score (nSPS) is 14.0. The number of rotatable bonds is 4. The molecule has 2 aromatic rings. The largest absolute Gasteiger partial charge is 0.341 e. The van der Waals surface area contributed by atoms with Crippen LogP contribution in [0.2, 0.25) is 5.02 Å². The summed E-state index contributed by atoms with van der Waals surface area (Å²) in [6.07, 6.45) is 0. The maximum Gasteiger partial charge on any atom is 0.318 e. The second kappa shape index (κ2) is 8.25. The van der Waals surface area contributed by atoms with Gasteiger partial charge in [-0.05, 0) is 35.4 Å². The number of halogens is 1. The lowest BCUT2D eigenvalue weighted by Crippen LogP contribution is -2.29. The zero-order valence-electron chi connectivity index (χ0n) is 14.0. The number of benzene rings is 2. The van der Waals surface area contributed by atoms with Gasteiger partial charge in [0.05, 0.1) is 12.3 Å². The minimum atomic E-state index is -0.296. The van der Waals surface area contributed by atoms with Crippen molar-refractivity contribution in [2.75, 3.05) is 18.1 Å². The Morgan fingerprint density at radius 1 is 1.27 bits per heavy atom. The fraction of sp³-hybridized carbons (Fsp3) is 0.167. The van der Waals surface area contributed by atoms with Crippen LogP contribution in [0.1, 0.15) is 11.1 Å². The molecule has 2 aromatic carbocycles. The quantitative estimate of drug-likeness (QED) is 0.825. The molecule has 8 heteroatoms. The molecule has 0 saturated heterocycles. The molecule has 134 valence electrons. The van der Waals surface area contributed by atoms with E-state index < -0.39 is 0 Å². The van der Waals surface area contributed by atoms with Gasteiger partial charge in [-0.3, -0.25) is 4.79 Å². The molecule has 3 amide bonds. The molecule has 1 heterocycles. The van der Waals surface area contributed by atoms with Crippen LogP contribution in [0.15, 0.2) is 53.6 Å². The van der Waals surface area contributed by atoms with Crippen LogP contribution in [0.5, 0.6) is 0 Å². The molecule has 2 N–H and O–H groups in total. The molecule has 0 unspecified atom stereocenters. The van der Waals surface area contributed by atoms with Crippen molar-refractivity contribution in [3.05, 3.63) is 64.7 Å². The fourth-order valence-electron chi connectivity index (χ4n) is 2.42. The van der Waals surface area contributed by atoms with E-state index in [0.29, 0.717) is 23.0 Å². The van der Waals surface area contributed by atoms with Crippen molar-refractivity contribution >= 4 is 46.0 Å². The number of nitrogens with zero attached hydrogens (tertiary/aromatic N) is 2. The summed E-state index contributed by atoms with van der Waals surface area (Å²) < 4.78 is 0. The molecule has 26 heavy (non-hydrogen) atoms. The number of thioether (sulfide) groups is 1. The maximum atomic E-state index is 12.2. The van der Waals surface area contributed by atoms with Crippen molar-refractivity contribution in [1.29, 1.82) is 0 Å². The highest BCUT2D eigenvalue weighted by Gasteiger charge is 2.22. The van der Waals surface area contributed by atoms with Gasteiger partial charge in [0.1, 0.15) is 0 Å². The molecule has 0 saturated carbocycles. The Labute approximate surface area is 160 Å². The van der Waals surface area contributed by atoms with Crippen LogP contribution in [-0.2, 0) is 6.54 Å². The van der Waals surface area contributed by atoms with E-state index in [1.165, 1.54) is 16.8 Å². The van der Waals surface area contributed by atoms with E-state index in [9.17, 15) is 9.59 Å². The number of hydrogen-bond donors (Lipinski definition) is 2. The third-order valence-electron chi connectivity index (χ3n) is 3.71. The molecular formula is C18H17ClN4O2S. The number of carbonyl (C=O) groups excluding carboxylic acids is 2. The molecule has 0 radical (unpaired) electrons. The summed E-state index contributed by atoms with van der Waals surface area (Å²) in [7, 11) is 1.55. The van der Waals surface area contributed by atoms with Gasteiger partial charge in [0.2, 0.25) is 0 Å². The Kier molecular flexibility index (Phi) is 5.80. The SMILES string of the molecule is CNC(=O)Nc1cccc(CN2N=C(c3ccc(Cl)cc3)CSC2=O)c1. The number of carbonyl (C=O) groups is 2. The number of nitrogens with one attached hydrogen (secondary N) is 2. The molecule has 3 rings (SSSR count). The molecular weight excluding hydrogens is 372 g/mol. The van der Waals surface area contributed by atoms with E-state index >= 15 is 0 Å². The van der Waals surface area contributed by atoms with Gasteiger partial charge in [0.25, 0.3) is 0 Å². The summed E-state index contributed by atoms with van der Waals surface area (Å²) >= 11 is 7.14. The topological polar surface area (TPSA) is 73.8 Å². The average molecular weight is 389 g/mol. The molecule has 6 nitrogen and oxygen atoms in total. The summed E-state index contributed by atoms with van der Waals surface area (Å²) in [5, 5.41) is 11.7. The lowest BCUT2D eigenvalue weighted by atomic mass is 10.1. The highest BCUT2D eigenvalue weighted by Crippen LogP contribution is 2.23. The summed E-state index contributed by atoms with van der Waals surface area (Å²) in [6, 6.07) is 14.4. The average Bonchev–Trinajstić information content (AvgIpc) is 2.64. The van der Waals surface area contributed by atoms with Crippen LogP contribution < -0.4 is 10.6 Å². The number of hydrogen-bond acceptors (Lipinski definition) is 4. The minimum absolute atomic E-state index is 0.104. The zero-order valence-corrected chi connectivity index (χ0v) is 15.6. The predicted molar refractivity (Wildman–Crippen MR) is 106 cm³/mol. The third-order valence-corrected chi connectivity index (χ3v) is 4.83. The molecule has 0 bridgehead atoms. The van der Waals surface area contributed by atoms with Crippen molar-refractivity contribution < 1.29 is 9.59 Å². The minimum Gasteiger partial charge on any atom is -0.341 e. The number of amides is 3. The van der Waals surface area contributed by atoms with Gasteiger partial charge in [-0.2, -0.15) is 5.10 Å². The highest BCUT2D eigenvalue weighted by molar-refractivity contribution is 8.14. The molecule has 1 aliphatic heterocycles. The summed E-state index contributed by atoms with van der Waals surface area (Å²) in [6.45, 7) is 0.326. The standard InChI is InChI=1S/C18H17ClN4O2S/c1-20-17(24)21-15-4-2-3-12(9-15)10-23-18(25)26-11-16(22-23)13-5-7-14(19)8-6-13/h2-9H,10-11H2,1H3,(H2,20,21,24). The van der Waals surface area contributed by atoms with Crippen LogP contribution >= 0.6 is 23.4 Å². The Morgan fingerprint density at radius 2 is 2.04 bits per heavy atom. The second-order valence-electron chi connectivity index (χ2n) is 5.57. The van der Waals surface area contributed by atoms with Crippen LogP contribution in [0.25, 0.3) is 0 Å². The van der Waals surface area contributed by atoms with E-state index in [-0.39, 0.29) is 11.3 Å². The van der Waals surface area contributed by atoms with Gasteiger partial charge in [-0.25, -0.2) is 9.80 Å². The first-order valence-electron chi connectivity index (χ1n) is 7.90. The van der Waals surface area contributed by atoms with Gasteiger partial charge >= 0.3 is 11.3 Å². The summed E-state index contributed by atoms with van der Waals surface area (Å²) in [4.78, 5) is 23.7. The number of hydrazone groups is 1. The van der Waals surface area contributed by atoms with Crippen LogP contribution in [-0.4, -0.2) is 34.8 Å². The molecule has 0 aromatic heterocycles. The Morgan fingerprint density at radius 3 is 2.77 bits per heavy atom. The Bertz CT molecular complexity index is 855. The Hall–Kier alpha value is -2.51. The highest BCUT2D eigenvalue weighted by atomic mass is 35.5. The predicted octanol–water partition coefficient (Wildman–Crippen LogP) is 4.16. The lowest BCUT2D eigenvalue weighted by Gasteiger charge is -2.23. The van der Waals surface area contributed by atoms with Gasteiger partial charge in [0, 0.05) is 23.5 Å². The Balaban J connectivity index is 1.78. The van der Waals surface area contributed by atoms with E-state index in [1.807, 2.05) is 30.3 Å². The second-order valence-corrected chi connectivity index (χ2v) is 6.93. The molecule has 0 fully saturated rings. The number of urea groups is 1. The van der Waals surface area contributed by atoms with E-state index in [0.717, 1.165) is 16.8 Å². The zero-order chi connectivity index (χ0) is 18.5. The van der Waals surface area contributed by atoms with Gasteiger partial charge in [-0.15, -0.1) is 0 Å². The summed E-state index contributed by atoms with van der Waals surface area (Å²) in [5.41, 5.74) is 3.29. The molecule has 0 aliphatic carbocycles. The fourth-order valence-corrected chi connectivity index (χ4v) is 3.28. The van der Waals surface area contributed by atoms with Crippen molar-refractivity contribution in [3.63, 3.8) is 0 Å². The number of anilines is 1. The lowest BCUT2D eigenvalue weighted by molar-refractivity contribution is 0.222. The van der Waals surface area contributed by atoms with Crippen LogP contribution in [0.3, 0.4) is 0 Å². The molecule has 0 atom stereocenters. The van der Waals surface area contributed by atoms with E-state index in [1.54, 1.807) is 25.2 Å². The smallest absolute Gasteiger partial charge is 0.318 e. The third kappa shape index (κ3) is 4.56. The monoisotopic (exact) mass is 388 g/mol. The molecule has 1 aliphatic rings. The van der Waals surface area contributed by atoms with Gasteiger partial charge in [0.15, 0.2) is 0 Å². The van der Waals surface area contributed by atoms with Crippen molar-refractivity contribution in [1.82, 2.24) is 10.3 Å². The van der Waals surface area contributed by atoms with Crippen molar-refractivity contribution in [3.8, 4) is 0 Å².